The van der Waals surface area contributed by atoms with Gasteiger partial charge in [-0.1, -0.05) is 24.6 Å². The average molecular weight is 369 g/mol. The fourth-order valence-corrected chi connectivity index (χ4v) is 5.25. The van der Waals surface area contributed by atoms with Crippen LogP contribution < -0.4 is 16.0 Å². The summed E-state index contributed by atoms with van der Waals surface area (Å²) in [5.74, 6) is 1.09. The normalized spacial score (nSPS) is 32.0. The first kappa shape index (κ1) is 18.0. The zero-order valence-corrected chi connectivity index (χ0v) is 15.4. The number of piperidine rings is 1. The highest BCUT2D eigenvalue weighted by molar-refractivity contribution is 5.96. The van der Waals surface area contributed by atoms with Crippen molar-refractivity contribution >= 4 is 17.7 Å². The minimum atomic E-state index is -0.249. The van der Waals surface area contributed by atoms with E-state index in [0.717, 1.165) is 32.1 Å². The van der Waals surface area contributed by atoms with Crippen LogP contribution in [0.4, 0.5) is 0 Å². The molecule has 5 unspecified atom stereocenters. The van der Waals surface area contributed by atoms with E-state index >= 15 is 0 Å². The van der Waals surface area contributed by atoms with Crippen LogP contribution in [0.1, 0.15) is 48.9 Å². The lowest BCUT2D eigenvalue weighted by Crippen LogP contribution is -2.58. The van der Waals surface area contributed by atoms with Crippen LogP contribution in [0.3, 0.4) is 0 Å². The number of nitrogens with one attached hydrogen (secondary N) is 3. The Kier molecular flexibility index (Phi) is 5.14. The van der Waals surface area contributed by atoms with Crippen LogP contribution in [0.5, 0.6) is 0 Å². The number of carbonyl (C=O) groups excluding carboxylic acids is 3. The summed E-state index contributed by atoms with van der Waals surface area (Å²) in [6.45, 7) is -0.0324. The second kappa shape index (κ2) is 7.71. The Hall–Kier alpha value is -2.37. The van der Waals surface area contributed by atoms with Crippen molar-refractivity contribution in [2.75, 3.05) is 6.54 Å². The molecule has 5 atom stereocenters. The number of amides is 3. The van der Waals surface area contributed by atoms with Gasteiger partial charge in [0.15, 0.2) is 0 Å². The Balaban J connectivity index is 1.26. The third-order valence-electron chi connectivity index (χ3n) is 6.50. The smallest absolute Gasteiger partial charge is 0.251 e. The monoisotopic (exact) mass is 369 g/mol. The second-order valence-corrected chi connectivity index (χ2v) is 8.11. The van der Waals surface area contributed by atoms with E-state index in [-0.39, 0.29) is 42.3 Å². The zero-order chi connectivity index (χ0) is 18.8. The van der Waals surface area contributed by atoms with Gasteiger partial charge in [-0.3, -0.25) is 14.4 Å². The summed E-state index contributed by atoms with van der Waals surface area (Å²) >= 11 is 0. The third-order valence-corrected chi connectivity index (χ3v) is 6.50. The molecule has 3 fully saturated rings. The Labute approximate surface area is 159 Å². The highest BCUT2D eigenvalue weighted by atomic mass is 16.2. The van der Waals surface area contributed by atoms with Gasteiger partial charge >= 0.3 is 0 Å². The molecule has 0 radical (unpaired) electrons. The van der Waals surface area contributed by atoms with Crippen LogP contribution in [0.15, 0.2) is 30.3 Å². The fourth-order valence-electron chi connectivity index (χ4n) is 5.25. The molecule has 0 aromatic heterocycles. The number of hydrogen-bond donors (Lipinski definition) is 3. The van der Waals surface area contributed by atoms with Crippen molar-refractivity contribution in [1.82, 2.24) is 16.0 Å². The van der Waals surface area contributed by atoms with Crippen molar-refractivity contribution in [3.05, 3.63) is 35.9 Å². The first-order chi connectivity index (χ1) is 13.1. The van der Waals surface area contributed by atoms with E-state index in [4.69, 9.17) is 0 Å². The zero-order valence-electron chi connectivity index (χ0n) is 15.4. The van der Waals surface area contributed by atoms with Gasteiger partial charge < -0.3 is 16.0 Å². The molecule has 0 bridgehead atoms. The summed E-state index contributed by atoms with van der Waals surface area (Å²) in [4.78, 5) is 36.6. The molecule has 1 heterocycles. The van der Waals surface area contributed by atoms with E-state index in [1.54, 1.807) is 24.3 Å². The summed E-state index contributed by atoms with van der Waals surface area (Å²) in [5, 5.41) is 8.89. The summed E-state index contributed by atoms with van der Waals surface area (Å²) in [5.41, 5.74) is 0.543. The maximum absolute atomic E-state index is 12.3. The second-order valence-electron chi connectivity index (χ2n) is 8.11. The standard InChI is InChI=1S/C21H27N3O3/c25-19(12-22-20(26)13-5-2-1-3-6-13)23-14-9-10-16-15-7-4-8-17(15)21(27)24-18(16)11-14/h1-3,5-6,14-18H,4,7-12H2,(H,22,26)(H,23,25)(H,24,27). The van der Waals surface area contributed by atoms with Crippen molar-refractivity contribution in [1.29, 1.82) is 0 Å². The predicted octanol–water partition coefficient (Wildman–Crippen LogP) is 1.62. The van der Waals surface area contributed by atoms with E-state index in [1.807, 2.05) is 6.07 Å². The molecule has 1 saturated heterocycles. The molecular weight excluding hydrogens is 342 g/mol. The van der Waals surface area contributed by atoms with Gasteiger partial charge in [-0.25, -0.2) is 0 Å². The number of hydrogen-bond acceptors (Lipinski definition) is 3. The largest absolute Gasteiger partial charge is 0.353 e. The number of carbonyl (C=O) groups is 3. The molecule has 1 aromatic carbocycles. The van der Waals surface area contributed by atoms with Gasteiger partial charge in [-0.15, -0.1) is 0 Å². The molecule has 3 aliphatic rings. The van der Waals surface area contributed by atoms with E-state index in [1.165, 1.54) is 6.42 Å². The van der Waals surface area contributed by atoms with Gasteiger partial charge in [0.05, 0.1) is 6.54 Å². The Morgan fingerprint density at radius 2 is 1.85 bits per heavy atom. The van der Waals surface area contributed by atoms with E-state index in [9.17, 15) is 14.4 Å². The van der Waals surface area contributed by atoms with Crippen molar-refractivity contribution in [3.63, 3.8) is 0 Å². The van der Waals surface area contributed by atoms with Crippen LogP contribution in [0, 0.1) is 17.8 Å². The molecule has 3 amide bonds. The molecule has 6 heteroatoms. The topological polar surface area (TPSA) is 87.3 Å². The van der Waals surface area contributed by atoms with E-state index < -0.39 is 0 Å². The molecular formula is C21H27N3O3. The van der Waals surface area contributed by atoms with Crippen LogP contribution >= 0.6 is 0 Å². The minimum Gasteiger partial charge on any atom is -0.353 e. The van der Waals surface area contributed by atoms with E-state index in [2.05, 4.69) is 16.0 Å². The average Bonchev–Trinajstić information content (AvgIpc) is 3.17. The van der Waals surface area contributed by atoms with Crippen molar-refractivity contribution in [2.24, 2.45) is 17.8 Å². The van der Waals surface area contributed by atoms with Crippen molar-refractivity contribution in [3.8, 4) is 0 Å². The number of rotatable bonds is 4. The highest BCUT2D eigenvalue weighted by Crippen LogP contribution is 2.45. The third kappa shape index (κ3) is 3.84. The molecule has 2 aliphatic carbocycles. The molecule has 2 saturated carbocycles. The van der Waals surface area contributed by atoms with Gasteiger partial charge in [-0.2, -0.15) is 0 Å². The SMILES string of the molecule is O=C(CNC(=O)c1ccccc1)NC1CCC2C(C1)NC(=O)C1CCCC12. The van der Waals surface area contributed by atoms with E-state index in [0.29, 0.717) is 17.4 Å². The quantitative estimate of drug-likeness (QED) is 0.754. The van der Waals surface area contributed by atoms with Gasteiger partial charge in [0, 0.05) is 23.6 Å². The first-order valence-electron chi connectivity index (χ1n) is 10.0. The van der Waals surface area contributed by atoms with Gasteiger partial charge in [0.25, 0.3) is 5.91 Å². The number of fused-ring (bicyclic) bond motifs is 3. The summed E-state index contributed by atoms with van der Waals surface area (Å²) in [7, 11) is 0. The predicted molar refractivity (Wildman–Crippen MR) is 101 cm³/mol. The first-order valence-corrected chi connectivity index (χ1v) is 10.0. The minimum absolute atomic E-state index is 0.0324. The molecule has 1 aliphatic heterocycles. The molecule has 6 nitrogen and oxygen atoms in total. The van der Waals surface area contributed by atoms with Crippen molar-refractivity contribution in [2.45, 2.75) is 50.6 Å². The Bertz CT molecular complexity index is 721. The van der Waals surface area contributed by atoms with Crippen LogP contribution in [0.25, 0.3) is 0 Å². The fraction of sp³-hybridized carbons (Fsp3) is 0.571. The van der Waals surface area contributed by atoms with Gasteiger partial charge in [0.1, 0.15) is 0 Å². The molecule has 0 spiro atoms. The van der Waals surface area contributed by atoms with Crippen LogP contribution in [-0.4, -0.2) is 36.3 Å². The Morgan fingerprint density at radius 3 is 2.67 bits per heavy atom. The lowest BCUT2D eigenvalue weighted by atomic mass is 9.68. The van der Waals surface area contributed by atoms with Crippen LogP contribution in [-0.2, 0) is 9.59 Å². The summed E-state index contributed by atoms with van der Waals surface area (Å²) in [6, 6.07) is 9.10. The highest BCUT2D eigenvalue weighted by Gasteiger charge is 2.48. The lowest BCUT2D eigenvalue weighted by molar-refractivity contribution is -0.132. The molecule has 144 valence electrons. The maximum Gasteiger partial charge on any atom is 0.251 e. The lowest BCUT2D eigenvalue weighted by Gasteiger charge is -2.45. The molecule has 27 heavy (non-hydrogen) atoms. The maximum atomic E-state index is 12.3. The Morgan fingerprint density at radius 1 is 1.04 bits per heavy atom. The molecule has 1 aromatic rings. The van der Waals surface area contributed by atoms with Crippen LogP contribution in [0.2, 0.25) is 0 Å². The summed E-state index contributed by atoms with van der Waals surface area (Å²) in [6.07, 6.45) is 6.14. The molecule has 3 N–H and O–H groups in total. The van der Waals surface area contributed by atoms with Gasteiger partial charge in [0.2, 0.25) is 11.8 Å². The number of benzene rings is 1. The summed E-state index contributed by atoms with van der Waals surface area (Å²) < 4.78 is 0. The van der Waals surface area contributed by atoms with Crippen molar-refractivity contribution < 1.29 is 14.4 Å². The van der Waals surface area contributed by atoms with Gasteiger partial charge in [-0.05, 0) is 56.1 Å². The molecule has 4 rings (SSSR count).